The van der Waals surface area contributed by atoms with Crippen molar-refractivity contribution in [2.45, 2.75) is 33.1 Å². The summed E-state index contributed by atoms with van der Waals surface area (Å²) in [5.41, 5.74) is 8.65. The number of ether oxygens (including phenoxy) is 1. The Bertz CT molecular complexity index is 2440. The molecule has 0 spiro atoms. The number of benzene rings is 5. The van der Waals surface area contributed by atoms with Crippen LogP contribution in [0.15, 0.2) is 134 Å². The Hall–Kier alpha value is -5.25. The minimum Gasteiger partial charge on any atom is -0.510 e. The van der Waals surface area contributed by atoms with Crippen LogP contribution in [0.4, 0.5) is 0 Å². The molecule has 0 N–H and O–H groups in total. The van der Waals surface area contributed by atoms with Gasteiger partial charge in [0.1, 0.15) is 5.82 Å². The van der Waals surface area contributed by atoms with E-state index < -0.39 is 0 Å². The number of imidazole rings is 1. The molecular weight excluding hydrogens is 784 g/mol. The van der Waals surface area contributed by atoms with Gasteiger partial charge in [-0.15, -0.1) is 29.7 Å². The second-order valence-corrected chi connectivity index (χ2v) is 13.1. The SMILES string of the molecule is Cc1cccc(-[n+]2[c-]n(-c3[c-]c(Oc4[c-]c5c(cc4)c4ccccc4n5-c4cc(C(C)(C)C)ccn4)ccc3)cc2)c1-c1ccccc1.[Pt]. The van der Waals surface area contributed by atoms with Crippen LogP contribution in [0.5, 0.6) is 11.5 Å². The first-order valence-electron chi connectivity index (χ1n) is 16.1. The van der Waals surface area contributed by atoms with Crippen molar-refractivity contribution in [1.82, 2.24) is 14.1 Å². The average molecular weight is 818 g/mol. The summed E-state index contributed by atoms with van der Waals surface area (Å²) < 4.78 is 12.6. The Morgan fingerprint density at radius 1 is 0.755 bits per heavy atom. The van der Waals surface area contributed by atoms with Gasteiger partial charge in [0.2, 0.25) is 0 Å². The van der Waals surface area contributed by atoms with Gasteiger partial charge in [0.15, 0.2) is 0 Å². The molecule has 0 aliphatic heterocycles. The predicted molar refractivity (Wildman–Crippen MR) is 191 cm³/mol. The van der Waals surface area contributed by atoms with Gasteiger partial charge in [-0.2, -0.15) is 18.2 Å². The molecule has 49 heavy (non-hydrogen) atoms. The maximum Gasteiger partial charge on any atom is 0.267 e. The number of pyridine rings is 1. The van der Waals surface area contributed by atoms with Crippen LogP contribution in [0, 0.1) is 25.4 Å². The van der Waals surface area contributed by atoms with E-state index in [9.17, 15) is 0 Å². The van der Waals surface area contributed by atoms with Crippen LogP contribution in [-0.4, -0.2) is 14.1 Å². The first-order valence-corrected chi connectivity index (χ1v) is 16.1. The molecule has 0 radical (unpaired) electrons. The normalized spacial score (nSPS) is 11.5. The maximum absolute atomic E-state index is 6.42. The summed E-state index contributed by atoms with van der Waals surface area (Å²) in [7, 11) is 0. The van der Waals surface area contributed by atoms with Gasteiger partial charge < -0.3 is 13.9 Å². The molecule has 0 unspecified atom stereocenters. The predicted octanol–water partition coefficient (Wildman–Crippen LogP) is 9.71. The molecule has 0 saturated heterocycles. The zero-order valence-corrected chi connectivity index (χ0v) is 30.0. The van der Waals surface area contributed by atoms with E-state index in [1.54, 1.807) is 0 Å². The number of aromatic nitrogens is 4. The molecular formula is C43H34N4OPt-2. The second kappa shape index (κ2) is 13.0. The van der Waals surface area contributed by atoms with Crippen molar-refractivity contribution in [1.29, 1.82) is 0 Å². The molecule has 3 heterocycles. The van der Waals surface area contributed by atoms with E-state index >= 15 is 0 Å². The van der Waals surface area contributed by atoms with Crippen molar-refractivity contribution in [3.05, 3.63) is 163 Å². The molecule has 5 aromatic carbocycles. The zero-order valence-electron chi connectivity index (χ0n) is 27.7. The van der Waals surface area contributed by atoms with Crippen LogP contribution in [0.25, 0.3) is 50.1 Å². The van der Waals surface area contributed by atoms with Gasteiger partial charge in [0, 0.05) is 56.7 Å². The van der Waals surface area contributed by atoms with Gasteiger partial charge in [-0.05, 0) is 69.9 Å². The molecule has 5 nitrogen and oxygen atoms in total. The van der Waals surface area contributed by atoms with Crippen molar-refractivity contribution in [2.75, 3.05) is 0 Å². The Kier molecular flexibility index (Phi) is 8.56. The third-order valence-electron chi connectivity index (χ3n) is 8.78. The molecule has 0 aliphatic carbocycles. The Labute approximate surface area is 301 Å². The summed E-state index contributed by atoms with van der Waals surface area (Å²) in [6.07, 6.45) is 9.38. The Morgan fingerprint density at radius 3 is 2.37 bits per heavy atom. The minimum absolute atomic E-state index is 0. The van der Waals surface area contributed by atoms with Crippen molar-refractivity contribution in [3.63, 3.8) is 0 Å². The second-order valence-electron chi connectivity index (χ2n) is 13.1. The molecule has 244 valence electrons. The summed E-state index contributed by atoms with van der Waals surface area (Å²) in [5, 5.41) is 2.24. The molecule has 0 saturated carbocycles. The monoisotopic (exact) mass is 817 g/mol. The Balaban J connectivity index is 0.00000378. The number of nitrogens with zero attached hydrogens (tertiary/aromatic N) is 4. The number of aryl methyl sites for hydroxylation is 1. The molecule has 6 heteroatoms. The van der Waals surface area contributed by atoms with Gasteiger partial charge in [-0.3, -0.25) is 4.57 Å². The quantitative estimate of drug-likeness (QED) is 0.124. The summed E-state index contributed by atoms with van der Waals surface area (Å²) in [6.45, 7) is 8.80. The summed E-state index contributed by atoms with van der Waals surface area (Å²) in [4.78, 5) is 4.79. The van der Waals surface area contributed by atoms with Crippen molar-refractivity contribution in [2.24, 2.45) is 0 Å². The van der Waals surface area contributed by atoms with Crippen molar-refractivity contribution < 1.29 is 30.4 Å². The third kappa shape index (κ3) is 6.11. The van der Waals surface area contributed by atoms with Crippen LogP contribution in [0.2, 0.25) is 0 Å². The van der Waals surface area contributed by atoms with Crippen LogP contribution < -0.4 is 9.30 Å². The van der Waals surface area contributed by atoms with Crippen molar-refractivity contribution in [3.8, 4) is 39.8 Å². The smallest absolute Gasteiger partial charge is 0.267 e. The molecule has 0 atom stereocenters. The van der Waals surface area contributed by atoms with E-state index in [1.807, 2.05) is 58.1 Å². The molecule has 8 rings (SSSR count). The van der Waals surface area contributed by atoms with Crippen LogP contribution >= 0.6 is 0 Å². The number of para-hydroxylation sites is 1. The molecule has 0 amide bonds. The molecule has 3 aromatic heterocycles. The standard InChI is InChI=1S/C43H34N4O.Pt/c1-30-12-10-19-39(42(30)31-13-6-5-7-14-31)46-25-24-45(29-46)33-15-11-16-34(27-33)48-35-20-21-37-36-17-8-9-18-38(36)47(40(37)28-35)41-26-32(22-23-44-41)43(2,3)4;/h5-26H,1-4H3;/q-2;. The number of hydrogen-bond acceptors (Lipinski definition) is 2. The van der Waals surface area contributed by atoms with E-state index in [2.05, 4.69) is 136 Å². The molecule has 0 bridgehead atoms. The average Bonchev–Trinajstić information content (AvgIpc) is 3.72. The molecule has 0 aliphatic rings. The van der Waals surface area contributed by atoms with Crippen molar-refractivity contribution >= 4 is 21.8 Å². The fourth-order valence-corrected chi connectivity index (χ4v) is 6.35. The van der Waals surface area contributed by atoms with Gasteiger partial charge in [-0.1, -0.05) is 87.0 Å². The van der Waals surface area contributed by atoms with Gasteiger partial charge in [0.05, 0.1) is 5.69 Å². The number of fused-ring (bicyclic) bond motifs is 3. The summed E-state index contributed by atoms with van der Waals surface area (Å²) in [6, 6.07) is 46.4. The van der Waals surface area contributed by atoms with Gasteiger partial charge in [0.25, 0.3) is 6.33 Å². The Morgan fingerprint density at radius 2 is 1.53 bits per heavy atom. The first kappa shape index (κ1) is 32.3. The van der Waals surface area contributed by atoms with E-state index in [4.69, 9.17) is 9.72 Å². The minimum atomic E-state index is -0.00404. The zero-order chi connectivity index (χ0) is 32.8. The van der Waals surface area contributed by atoms with Gasteiger partial charge >= 0.3 is 0 Å². The van der Waals surface area contributed by atoms with Crippen LogP contribution in [0.3, 0.4) is 0 Å². The number of rotatable bonds is 6. The fourth-order valence-electron chi connectivity index (χ4n) is 6.35. The summed E-state index contributed by atoms with van der Waals surface area (Å²) in [5.74, 6) is 2.05. The molecule has 0 fully saturated rings. The van der Waals surface area contributed by atoms with Gasteiger partial charge in [-0.25, -0.2) is 4.98 Å². The number of hydrogen-bond donors (Lipinski definition) is 0. The van der Waals surface area contributed by atoms with E-state index in [0.29, 0.717) is 11.5 Å². The van der Waals surface area contributed by atoms with E-state index in [-0.39, 0.29) is 26.5 Å². The largest absolute Gasteiger partial charge is 0.510 e. The van der Waals surface area contributed by atoms with E-state index in [0.717, 1.165) is 39.0 Å². The van der Waals surface area contributed by atoms with Crippen LogP contribution in [0.1, 0.15) is 31.9 Å². The first-order chi connectivity index (χ1) is 23.3. The van der Waals surface area contributed by atoms with Crippen LogP contribution in [-0.2, 0) is 26.5 Å². The maximum atomic E-state index is 6.42. The molecule has 8 aromatic rings. The topological polar surface area (TPSA) is 35.9 Å². The third-order valence-corrected chi connectivity index (χ3v) is 8.78. The van der Waals surface area contributed by atoms with E-state index in [1.165, 1.54) is 22.3 Å². The fraction of sp³-hybridized carbons (Fsp3) is 0.116. The summed E-state index contributed by atoms with van der Waals surface area (Å²) >= 11 is 0.